The van der Waals surface area contributed by atoms with Gasteiger partial charge in [0.1, 0.15) is 5.75 Å². The number of pyridine rings is 1. The Kier molecular flexibility index (Phi) is 6.27. The number of carbonyl (C=O) groups excluding carboxylic acids is 1. The van der Waals surface area contributed by atoms with Gasteiger partial charge in [0.25, 0.3) is 11.5 Å². The van der Waals surface area contributed by atoms with Crippen molar-refractivity contribution in [2.75, 3.05) is 37.7 Å². The molecule has 1 amide bonds. The summed E-state index contributed by atoms with van der Waals surface area (Å²) in [6.07, 6.45) is 1.61. The van der Waals surface area contributed by atoms with Crippen LogP contribution in [-0.2, 0) is 11.3 Å². The molecule has 7 nitrogen and oxygen atoms in total. The van der Waals surface area contributed by atoms with Crippen LogP contribution in [0.15, 0.2) is 47.4 Å². The molecule has 0 aliphatic carbocycles. The van der Waals surface area contributed by atoms with Crippen molar-refractivity contribution in [3.05, 3.63) is 58.5 Å². The summed E-state index contributed by atoms with van der Waals surface area (Å²) in [4.78, 5) is 28.9. The molecule has 1 aromatic carbocycles. The lowest BCUT2D eigenvalue weighted by Crippen LogP contribution is -2.56. The monoisotopic (exact) mass is 399 g/mol. The predicted octanol–water partition coefficient (Wildman–Crippen LogP) is 1.66. The van der Waals surface area contributed by atoms with Gasteiger partial charge in [0.15, 0.2) is 5.60 Å². The number of aryl methyl sites for hydroxylation is 1. The minimum atomic E-state index is -1.65. The van der Waals surface area contributed by atoms with Crippen molar-refractivity contribution in [2.24, 2.45) is 0 Å². The first-order chi connectivity index (χ1) is 13.8. The SMILES string of the molecule is CCOc1ccccc1N1CCN(C(=O)C(C)(O)Cn2ccc(C)cc2=O)CC1. The molecule has 0 bridgehead atoms. The molecule has 156 valence electrons. The fourth-order valence-electron chi connectivity index (χ4n) is 3.62. The molecule has 1 aliphatic rings. The van der Waals surface area contributed by atoms with Gasteiger partial charge in [-0.25, -0.2) is 0 Å². The number of benzene rings is 1. The van der Waals surface area contributed by atoms with E-state index in [1.807, 2.05) is 38.1 Å². The first-order valence-electron chi connectivity index (χ1n) is 9.97. The van der Waals surface area contributed by atoms with Crippen LogP contribution in [0, 0.1) is 6.92 Å². The van der Waals surface area contributed by atoms with Gasteiger partial charge in [0, 0.05) is 38.4 Å². The van der Waals surface area contributed by atoms with Crippen LogP contribution in [-0.4, -0.2) is 58.9 Å². The maximum atomic E-state index is 12.9. The zero-order valence-corrected chi connectivity index (χ0v) is 17.3. The molecular formula is C22H29N3O4. The number of carbonyl (C=O) groups is 1. The minimum absolute atomic E-state index is 0.0711. The van der Waals surface area contributed by atoms with Crippen molar-refractivity contribution >= 4 is 11.6 Å². The summed E-state index contributed by atoms with van der Waals surface area (Å²) >= 11 is 0. The van der Waals surface area contributed by atoms with E-state index < -0.39 is 5.60 Å². The number of aliphatic hydroxyl groups is 1. The van der Waals surface area contributed by atoms with E-state index in [-0.39, 0.29) is 18.0 Å². The third-order valence-electron chi connectivity index (χ3n) is 5.16. The average Bonchev–Trinajstić information content (AvgIpc) is 2.70. The van der Waals surface area contributed by atoms with Crippen LogP contribution in [0.1, 0.15) is 19.4 Å². The van der Waals surface area contributed by atoms with Gasteiger partial charge in [-0.05, 0) is 44.5 Å². The van der Waals surface area contributed by atoms with Gasteiger partial charge in [0.05, 0.1) is 18.8 Å². The Morgan fingerprint density at radius 1 is 1.17 bits per heavy atom. The van der Waals surface area contributed by atoms with E-state index in [4.69, 9.17) is 4.74 Å². The third kappa shape index (κ3) is 4.79. The second-order valence-corrected chi connectivity index (χ2v) is 7.62. The number of ether oxygens (including phenoxy) is 1. The van der Waals surface area contributed by atoms with Gasteiger partial charge in [-0.2, -0.15) is 0 Å². The molecule has 3 rings (SSSR count). The normalized spacial score (nSPS) is 16.4. The average molecular weight is 399 g/mol. The number of amides is 1. The Morgan fingerprint density at radius 3 is 2.52 bits per heavy atom. The maximum Gasteiger partial charge on any atom is 0.256 e. The minimum Gasteiger partial charge on any atom is -0.492 e. The van der Waals surface area contributed by atoms with E-state index in [2.05, 4.69) is 4.90 Å². The molecule has 1 aromatic heterocycles. The highest BCUT2D eigenvalue weighted by Gasteiger charge is 2.36. The molecule has 2 heterocycles. The summed E-state index contributed by atoms with van der Waals surface area (Å²) in [5.41, 5.74) is -0.0136. The summed E-state index contributed by atoms with van der Waals surface area (Å²) in [5.74, 6) is 0.475. The predicted molar refractivity (Wildman–Crippen MR) is 112 cm³/mol. The van der Waals surface area contributed by atoms with Crippen molar-refractivity contribution < 1.29 is 14.6 Å². The summed E-state index contributed by atoms with van der Waals surface area (Å²) in [7, 11) is 0. The number of rotatable bonds is 6. The number of para-hydroxylation sites is 2. The Balaban J connectivity index is 1.65. The standard InChI is InChI=1S/C22H29N3O4/c1-4-29-19-8-6-5-7-18(19)23-11-13-24(14-12-23)21(27)22(3,28)16-25-10-9-17(2)15-20(25)26/h5-10,15,28H,4,11-14,16H2,1-3H3. The van der Waals surface area contributed by atoms with Gasteiger partial charge in [0.2, 0.25) is 0 Å². The van der Waals surface area contributed by atoms with Crippen LogP contribution in [0.5, 0.6) is 5.75 Å². The van der Waals surface area contributed by atoms with Crippen LogP contribution in [0.4, 0.5) is 5.69 Å². The lowest BCUT2D eigenvalue weighted by atomic mass is 10.0. The molecule has 7 heteroatoms. The van der Waals surface area contributed by atoms with E-state index in [1.54, 1.807) is 17.2 Å². The van der Waals surface area contributed by atoms with Crippen LogP contribution < -0.4 is 15.2 Å². The van der Waals surface area contributed by atoms with E-state index in [9.17, 15) is 14.7 Å². The van der Waals surface area contributed by atoms with Crippen LogP contribution in [0.2, 0.25) is 0 Å². The Morgan fingerprint density at radius 2 is 1.86 bits per heavy atom. The number of piperazine rings is 1. The smallest absolute Gasteiger partial charge is 0.256 e. The number of nitrogens with zero attached hydrogens (tertiary/aromatic N) is 3. The first kappa shape index (κ1) is 20.9. The quantitative estimate of drug-likeness (QED) is 0.800. The number of hydrogen-bond donors (Lipinski definition) is 1. The lowest BCUT2D eigenvalue weighted by molar-refractivity contribution is -0.151. The molecule has 0 radical (unpaired) electrons. The van der Waals surface area contributed by atoms with Crippen LogP contribution in [0.25, 0.3) is 0 Å². The Hall–Kier alpha value is -2.80. The molecule has 1 saturated heterocycles. The summed E-state index contributed by atoms with van der Waals surface area (Å²) in [5, 5.41) is 10.8. The molecule has 0 spiro atoms. The molecule has 29 heavy (non-hydrogen) atoms. The maximum absolute atomic E-state index is 12.9. The molecular weight excluding hydrogens is 370 g/mol. The van der Waals surface area contributed by atoms with E-state index in [0.717, 1.165) is 17.0 Å². The molecule has 1 aliphatic heterocycles. The highest BCUT2D eigenvalue weighted by molar-refractivity contribution is 5.84. The van der Waals surface area contributed by atoms with E-state index in [0.29, 0.717) is 32.8 Å². The van der Waals surface area contributed by atoms with Gasteiger partial charge in [-0.1, -0.05) is 12.1 Å². The summed E-state index contributed by atoms with van der Waals surface area (Å²) < 4.78 is 7.08. The highest BCUT2D eigenvalue weighted by Crippen LogP contribution is 2.29. The van der Waals surface area contributed by atoms with E-state index in [1.165, 1.54) is 17.6 Å². The largest absolute Gasteiger partial charge is 0.492 e. The van der Waals surface area contributed by atoms with Crippen molar-refractivity contribution in [2.45, 2.75) is 32.9 Å². The molecule has 2 aromatic rings. The zero-order valence-electron chi connectivity index (χ0n) is 17.3. The van der Waals surface area contributed by atoms with Crippen LogP contribution in [0.3, 0.4) is 0 Å². The van der Waals surface area contributed by atoms with Gasteiger partial charge >= 0.3 is 0 Å². The van der Waals surface area contributed by atoms with Gasteiger partial charge in [-0.3, -0.25) is 9.59 Å². The first-order valence-corrected chi connectivity index (χ1v) is 9.97. The van der Waals surface area contributed by atoms with Crippen molar-refractivity contribution in [3.8, 4) is 5.75 Å². The zero-order chi connectivity index (χ0) is 21.0. The second kappa shape index (κ2) is 8.69. The van der Waals surface area contributed by atoms with E-state index >= 15 is 0 Å². The van der Waals surface area contributed by atoms with Crippen LogP contribution >= 0.6 is 0 Å². The number of hydrogen-bond acceptors (Lipinski definition) is 5. The van der Waals surface area contributed by atoms with Crippen molar-refractivity contribution in [1.82, 2.24) is 9.47 Å². The number of aromatic nitrogens is 1. The fourth-order valence-corrected chi connectivity index (χ4v) is 3.62. The van der Waals surface area contributed by atoms with Crippen molar-refractivity contribution in [3.63, 3.8) is 0 Å². The molecule has 1 atom stereocenters. The van der Waals surface area contributed by atoms with Crippen molar-refractivity contribution in [1.29, 1.82) is 0 Å². The summed E-state index contributed by atoms with van der Waals surface area (Å²) in [6.45, 7) is 8.07. The highest BCUT2D eigenvalue weighted by atomic mass is 16.5. The topological polar surface area (TPSA) is 75.0 Å². The summed E-state index contributed by atoms with van der Waals surface area (Å²) in [6, 6.07) is 11.2. The third-order valence-corrected chi connectivity index (χ3v) is 5.16. The fraction of sp³-hybridized carbons (Fsp3) is 0.455. The Bertz CT molecular complexity index is 914. The Labute approximate surface area is 171 Å². The van der Waals surface area contributed by atoms with Gasteiger partial charge in [-0.15, -0.1) is 0 Å². The molecule has 0 saturated carbocycles. The molecule has 1 unspecified atom stereocenters. The van der Waals surface area contributed by atoms with Gasteiger partial charge < -0.3 is 24.2 Å². The molecule has 1 N–H and O–H groups in total. The number of anilines is 1. The molecule has 1 fully saturated rings. The lowest BCUT2D eigenvalue weighted by Gasteiger charge is -2.39. The second-order valence-electron chi connectivity index (χ2n) is 7.62.